The molecule has 3 amide bonds. The van der Waals surface area contributed by atoms with Gasteiger partial charge in [-0.15, -0.1) is 0 Å². The molecule has 2 aromatic rings. The van der Waals surface area contributed by atoms with Gasteiger partial charge in [0.15, 0.2) is 18.3 Å². The van der Waals surface area contributed by atoms with E-state index >= 15 is 0 Å². The number of aldehydes is 1. The molecule has 0 saturated carbocycles. The first kappa shape index (κ1) is 59.5. The molecular weight excluding hydrogens is 883 g/mol. The van der Waals surface area contributed by atoms with Crippen molar-refractivity contribution < 1.29 is 52.5 Å². The first-order valence-corrected chi connectivity index (χ1v) is 24.1. The van der Waals surface area contributed by atoms with Crippen LogP contribution in [0, 0.1) is 29.1 Å². The Morgan fingerprint density at radius 3 is 1.25 bits per heavy atom. The lowest BCUT2D eigenvalue weighted by Gasteiger charge is -2.35. The molecule has 4 unspecified atom stereocenters. The molecule has 0 aliphatic heterocycles. The minimum atomic E-state index is -1.43. The van der Waals surface area contributed by atoms with E-state index in [0.29, 0.717) is 24.7 Å². The molecule has 2 rings (SSSR count). The van der Waals surface area contributed by atoms with Crippen LogP contribution in [0.2, 0.25) is 0 Å². The van der Waals surface area contributed by atoms with Gasteiger partial charge in [0.05, 0.1) is 6.04 Å². The van der Waals surface area contributed by atoms with E-state index < -0.39 is 84.2 Å². The summed E-state index contributed by atoms with van der Waals surface area (Å²) in [6.45, 7) is 18.2. The van der Waals surface area contributed by atoms with E-state index in [1.807, 2.05) is 91.8 Å². The van der Waals surface area contributed by atoms with Gasteiger partial charge in [0, 0.05) is 48.1 Å². The summed E-state index contributed by atoms with van der Waals surface area (Å²) < 4.78 is 23.3. The van der Waals surface area contributed by atoms with Crippen molar-refractivity contribution in [1.82, 2.24) is 19.6 Å². The number of amidine groups is 1. The average molecular weight is 964 g/mol. The fourth-order valence-corrected chi connectivity index (χ4v) is 7.97. The summed E-state index contributed by atoms with van der Waals surface area (Å²) in [7, 11) is 7.40. The second-order valence-electron chi connectivity index (χ2n) is 19.8. The molecule has 16 nitrogen and oxygen atoms in total. The summed E-state index contributed by atoms with van der Waals surface area (Å²) in [6.07, 6.45) is -2.75. The Morgan fingerprint density at radius 1 is 0.493 bits per heavy atom. The summed E-state index contributed by atoms with van der Waals surface area (Å²) in [5, 5.41) is 9.19. The first-order valence-electron chi connectivity index (χ1n) is 24.1. The molecule has 0 heterocycles. The van der Waals surface area contributed by atoms with Gasteiger partial charge in [-0.2, -0.15) is 0 Å². The fourth-order valence-electron chi connectivity index (χ4n) is 7.97. The van der Waals surface area contributed by atoms with Crippen molar-refractivity contribution in [3.63, 3.8) is 0 Å². The molecule has 69 heavy (non-hydrogen) atoms. The molecule has 16 heteroatoms. The maximum atomic E-state index is 14.6. The summed E-state index contributed by atoms with van der Waals surface area (Å²) in [5.74, 6) is -4.36. The number of carbonyl (C=O) groups excluding carboxylic acids is 7. The third-order valence-corrected chi connectivity index (χ3v) is 12.0. The molecule has 0 fully saturated rings. The standard InChI is InChI=1S/C53H81N5O11/c1-33(2)26-41(32-59)55(11)48(60)38(10)68-52(64)44(29-36(7)8)58(14)50(62)46(31-40-24-20-17-21-25-40)69-53(65)42(27-34(3)4)56(12)47(54)37(9)67-51(63)43(28-35(5)6)57(13)49(61)45(66-15)30-39-22-18-16-19-23-39/h16-25,32-38,41-46,54H,26-31H2,1-15H3/t37?,38?,41-,42-,43-,44-,45?,46?/m0/s1. The topological polar surface area (TPSA) is 193 Å². The van der Waals surface area contributed by atoms with Crippen LogP contribution in [-0.2, 0) is 65.4 Å². The van der Waals surface area contributed by atoms with Gasteiger partial charge in [-0.1, -0.05) is 116 Å². The van der Waals surface area contributed by atoms with Crippen molar-refractivity contribution >= 4 is 47.8 Å². The van der Waals surface area contributed by atoms with Gasteiger partial charge in [-0.05, 0) is 74.3 Å². The van der Waals surface area contributed by atoms with Crippen LogP contribution in [0.25, 0.3) is 0 Å². The van der Waals surface area contributed by atoms with Crippen LogP contribution in [0.1, 0.15) is 106 Å². The van der Waals surface area contributed by atoms with Crippen molar-refractivity contribution in [2.24, 2.45) is 23.7 Å². The smallest absolute Gasteiger partial charge is 0.329 e. The molecule has 0 aliphatic rings. The van der Waals surface area contributed by atoms with E-state index in [2.05, 4.69) is 0 Å². The molecule has 2 aromatic carbocycles. The lowest BCUT2D eigenvalue weighted by molar-refractivity contribution is -0.170. The van der Waals surface area contributed by atoms with Crippen LogP contribution in [0.3, 0.4) is 0 Å². The summed E-state index contributed by atoms with van der Waals surface area (Å²) in [4.78, 5) is 101. The predicted octanol–water partition coefficient (Wildman–Crippen LogP) is 6.40. The number of carbonyl (C=O) groups is 7. The molecule has 8 atom stereocenters. The van der Waals surface area contributed by atoms with Crippen molar-refractivity contribution in [3.8, 4) is 0 Å². The van der Waals surface area contributed by atoms with Crippen LogP contribution >= 0.6 is 0 Å². The minimum Gasteiger partial charge on any atom is -0.453 e. The zero-order valence-electron chi connectivity index (χ0n) is 43.8. The number of esters is 3. The molecule has 0 radical (unpaired) electrons. The van der Waals surface area contributed by atoms with Gasteiger partial charge >= 0.3 is 17.9 Å². The van der Waals surface area contributed by atoms with Gasteiger partial charge in [0.2, 0.25) is 0 Å². The van der Waals surface area contributed by atoms with Crippen molar-refractivity contribution in [1.29, 1.82) is 5.41 Å². The van der Waals surface area contributed by atoms with Crippen molar-refractivity contribution in [2.45, 2.75) is 156 Å². The Kier molecular flexibility index (Phi) is 24.8. The number of likely N-dealkylation sites (N-methyl/N-ethyl adjacent to an activating group) is 4. The van der Waals surface area contributed by atoms with Crippen LogP contribution in [-0.4, -0.2) is 151 Å². The number of methoxy groups -OCH3 is 1. The van der Waals surface area contributed by atoms with Crippen LogP contribution in [0.5, 0.6) is 0 Å². The van der Waals surface area contributed by atoms with Gasteiger partial charge in [0.25, 0.3) is 17.7 Å². The fraction of sp³-hybridized carbons (Fsp3) is 0.623. The molecule has 0 aromatic heterocycles. The van der Waals surface area contributed by atoms with E-state index in [1.165, 1.54) is 68.7 Å². The SMILES string of the molecule is COC(Cc1ccccc1)C(=O)N(C)[C@@H](CC(C)C)C(=O)OC(C)C(=N)N(C)[C@@H](CC(C)C)C(=O)OC(Cc1ccccc1)C(=O)N(C)[C@@H](CC(C)C)C(=O)OC(C)C(=O)N(C)[C@H](C=O)CC(C)C. The number of hydrogen-bond acceptors (Lipinski definition) is 12. The van der Waals surface area contributed by atoms with Crippen LogP contribution < -0.4 is 0 Å². The van der Waals surface area contributed by atoms with E-state index in [9.17, 15) is 39.0 Å². The van der Waals surface area contributed by atoms with E-state index in [-0.39, 0.29) is 55.2 Å². The zero-order valence-corrected chi connectivity index (χ0v) is 43.8. The number of nitrogens with one attached hydrogen (secondary N) is 1. The maximum absolute atomic E-state index is 14.6. The number of amides is 3. The number of ether oxygens (including phenoxy) is 4. The largest absolute Gasteiger partial charge is 0.453 e. The second kappa shape index (κ2) is 28.8. The van der Waals surface area contributed by atoms with E-state index in [1.54, 1.807) is 24.3 Å². The van der Waals surface area contributed by atoms with Gasteiger partial charge in [0.1, 0.15) is 36.4 Å². The molecule has 384 valence electrons. The maximum Gasteiger partial charge on any atom is 0.329 e. The Morgan fingerprint density at radius 2 is 0.855 bits per heavy atom. The zero-order chi connectivity index (χ0) is 52.3. The summed E-state index contributed by atoms with van der Waals surface area (Å²) in [6, 6.07) is 14.3. The lowest BCUT2D eigenvalue weighted by Crippen LogP contribution is -2.53. The molecule has 0 bridgehead atoms. The normalized spacial score (nSPS) is 14.9. The number of hydrogen-bond donors (Lipinski definition) is 1. The Bertz CT molecular complexity index is 1980. The third kappa shape index (κ3) is 18.7. The van der Waals surface area contributed by atoms with Crippen LogP contribution in [0.15, 0.2) is 60.7 Å². The highest BCUT2D eigenvalue weighted by Crippen LogP contribution is 2.23. The highest BCUT2D eigenvalue weighted by Gasteiger charge is 2.40. The van der Waals surface area contributed by atoms with Crippen LogP contribution in [0.4, 0.5) is 0 Å². The van der Waals surface area contributed by atoms with Crippen molar-refractivity contribution in [2.75, 3.05) is 35.3 Å². The average Bonchev–Trinajstić information content (AvgIpc) is 3.30. The predicted molar refractivity (Wildman–Crippen MR) is 265 cm³/mol. The van der Waals surface area contributed by atoms with Gasteiger partial charge in [-0.25, -0.2) is 14.4 Å². The summed E-state index contributed by atoms with van der Waals surface area (Å²) >= 11 is 0. The highest BCUT2D eigenvalue weighted by atomic mass is 16.6. The molecular formula is C53H81N5O11. The lowest BCUT2D eigenvalue weighted by atomic mass is 10.00. The second-order valence-corrected chi connectivity index (χ2v) is 19.8. The molecule has 1 N–H and O–H groups in total. The third-order valence-electron chi connectivity index (χ3n) is 12.0. The highest BCUT2D eigenvalue weighted by molar-refractivity contribution is 5.94. The van der Waals surface area contributed by atoms with Gasteiger partial charge in [-0.3, -0.25) is 19.8 Å². The first-order chi connectivity index (χ1) is 32.3. The number of benzene rings is 2. The summed E-state index contributed by atoms with van der Waals surface area (Å²) in [5.41, 5.74) is 1.56. The minimum absolute atomic E-state index is 0.0102. The monoisotopic (exact) mass is 964 g/mol. The Labute approximate surface area is 411 Å². The number of rotatable bonds is 28. The molecule has 0 saturated heterocycles. The Balaban J connectivity index is 2.41. The van der Waals surface area contributed by atoms with E-state index in [4.69, 9.17) is 18.9 Å². The van der Waals surface area contributed by atoms with Crippen molar-refractivity contribution in [3.05, 3.63) is 71.8 Å². The molecule has 0 spiro atoms. The molecule has 0 aliphatic carbocycles. The van der Waals surface area contributed by atoms with Gasteiger partial charge < -0.3 is 43.3 Å². The quantitative estimate of drug-likeness (QED) is 0.0325. The number of nitrogens with zero attached hydrogens (tertiary/aromatic N) is 4. The van der Waals surface area contributed by atoms with E-state index in [0.717, 1.165) is 5.56 Å². The Hall–Kier alpha value is -5.64.